The minimum Gasteiger partial charge on any atom is -0.352 e. The van der Waals surface area contributed by atoms with Gasteiger partial charge in [0.15, 0.2) is 11.6 Å². The first kappa shape index (κ1) is 21.6. The Kier molecular flexibility index (Phi) is 7.27. The fourth-order valence-corrected chi connectivity index (χ4v) is 3.65. The standard InChI is InChI=1S/C23H24F2N2O3/c24-20-9-5-18(12-21(20)25)13-26-22(29)10-6-16-2-1-11-27(14-16)23(30)19-7-3-17(15-28)4-8-19/h3-5,7-9,12,15-16H,1-2,6,10-11,13-14H2,(H,26,29). The molecule has 158 valence electrons. The predicted octanol–water partition coefficient (Wildman–Crippen LogP) is 3.73. The molecule has 0 bridgehead atoms. The monoisotopic (exact) mass is 414 g/mol. The van der Waals surface area contributed by atoms with Crippen molar-refractivity contribution in [3.63, 3.8) is 0 Å². The number of piperidine rings is 1. The number of nitrogens with zero attached hydrogens (tertiary/aromatic N) is 1. The Balaban J connectivity index is 1.45. The van der Waals surface area contributed by atoms with E-state index in [-0.39, 0.29) is 24.3 Å². The molecule has 30 heavy (non-hydrogen) atoms. The first-order valence-electron chi connectivity index (χ1n) is 10.0. The molecule has 0 aliphatic carbocycles. The first-order chi connectivity index (χ1) is 14.5. The first-order valence-corrected chi connectivity index (χ1v) is 10.0. The number of carbonyl (C=O) groups excluding carboxylic acids is 3. The van der Waals surface area contributed by atoms with Crippen LogP contribution in [0.4, 0.5) is 8.78 Å². The molecule has 1 saturated heterocycles. The van der Waals surface area contributed by atoms with Gasteiger partial charge in [-0.15, -0.1) is 0 Å². The molecule has 1 atom stereocenters. The van der Waals surface area contributed by atoms with Crippen LogP contribution in [0, 0.1) is 17.6 Å². The third-order valence-corrected chi connectivity index (χ3v) is 5.35. The van der Waals surface area contributed by atoms with Crippen molar-refractivity contribution in [3.05, 3.63) is 70.8 Å². The highest BCUT2D eigenvalue weighted by Gasteiger charge is 2.24. The maximum atomic E-state index is 13.2. The molecular formula is C23H24F2N2O3. The van der Waals surface area contributed by atoms with Gasteiger partial charge in [-0.3, -0.25) is 14.4 Å². The van der Waals surface area contributed by atoms with Crippen molar-refractivity contribution in [2.24, 2.45) is 5.92 Å². The van der Waals surface area contributed by atoms with Crippen LogP contribution in [0.2, 0.25) is 0 Å². The summed E-state index contributed by atoms with van der Waals surface area (Å²) in [5.41, 5.74) is 1.57. The molecule has 1 aliphatic rings. The molecule has 1 unspecified atom stereocenters. The number of carbonyl (C=O) groups is 3. The molecule has 1 N–H and O–H groups in total. The molecule has 2 aromatic rings. The maximum absolute atomic E-state index is 13.2. The second kappa shape index (κ2) is 10.1. The highest BCUT2D eigenvalue weighted by Crippen LogP contribution is 2.22. The number of nitrogens with one attached hydrogen (secondary N) is 1. The normalized spacial score (nSPS) is 16.2. The van der Waals surface area contributed by atoms with Crippen LogP contribution in [0.3, 0.4) is 0 Å². The highest BCUT2D eigenvalue weighted by molar-refractivity contribution is 5.95. The van der Waals surface area contributed by atoms with E-state index in [4.69, 9.17) is 0 Å². The van der Waals surface area contributed by atoms with E-state index in [1.807, 2.05) is 0 Å². The lowest BCUT2D eigenvalue weighted by molar-refractivity contribution is -0.121. The smallest absolute Gasteiger partial charge is 0.253 e. The SMILES string of the molecule is O=Cc1ccc(C(=O)N2CCCC(CCC(=O)NCc3ccc(F)c(F)c3)C2)cc1. The summed E-state index contributed by atoms with van der Waals surface area (Å²) in [5.74, 6) is -1.85. The Bertz CT molecular complexity index is 915. The van der Waals surface area contributed by atoms with E-state index in [0.717, 1.165) is 31.3 Å². The minimum absolute atomic E-state index is 0.0695. The Hall–Kier alpha value is -3.09. The zero-order chi connectivity index (χ0) is 21.5. The molecule has 2 aromatic carbocycles. The summed E-state index contributed by atoms with van der Waals surface area (Å²) >= 11 is 0. The van der Waals surface area contributed by atoms with Gasteiger partial charge in [0.1, 0.15) is 6.29 Å². The van der Waals surface area contributed by atoms with Gasteiger partial charge in [0.25, 0.3) is 5.91 Å². The largest absolute Gasteiger partial charge is 0.352 e. The van der Waals surface area contributed by atoms with Crippen LogP contribution in [-0.4, -0.2) is 36.1 Å². The van der Waals surface area contributed by atoms with Crippen LogP contribution in [0.15, 0.2) is 42.5 Å². The summed E-state index contributed by atoms with van der Waals surface area (Å²) in [5, 5.41) is 2.72. The predicted molar refractivity (Wildman–Crippen MR) is 108 cm³/mol. The molecule has 1 fully saturated rings. The number of aldehydes is 1. The third-order valence-electron chi connectivity index (χ3n) is 5.35. The van der Waals surface area contributed by atoms with Gasteiger partial charge in [-0.2, -0.15) is 0 Å². The van der Waals surface area contributed by atoms with E-state index in [1.54, 1.807) is 29.2 Å². The van der Waals surface area contributed by atoms with Crippen LogP contribution in [0.25, 0.3) is 0 Å². The fourth-order valence-electron chi connectivity index (χ4n) is 3.65. The Morgan fingerprint density at radius 3 is 2.57 bits per heavy atom. The number of halogens is 2. The molecular weight excluding hydrogens is 390 g/mol. The molecule has 0 saturated carbocycles. The van der Waals surface area contributed by atoms with Crippen molar-refractivity contribution in [1.29, 1.82) is 0 Å². The molecule has 3 rings (SSSR count). The van der Waals surface area contributed by atoms with Crippen molar-refractivity contribution < 1.29 is 23.2 Å². The van der Waals surface area contributed by atoms with Gasteiger partial charge in [0.2, 0.25) is 5.91 Å². The van der Waals surface area contributed by atoms with Gasteiger partial charge < -0.3 is 10.2 Å². The van der Waals surface area contributed by atoms with Gasteiger partial charge in [-0.25, -0.2) is 8.78 Å². The second-order valence-electron chi connectivity index (χ2n) is 7.56. The molecule has 0 spiro atoms. The van der Waals surface area contributed by atoms with Gasteiger partial charge >= 0.3 is 0 Å². The summed E-state index contributed by atoms with van der Waals surface area (Å²) < 4.78 is 26.2. The summed E-state index contributed by atoms with van der Waals surface area (Å²) in [6.07, 6.45) is 3.52. The van der Waals surface area contributed by atoms with E-state index in [0.29, 0.717) is 42.6 Å². The number of hydrogen-bond acceptors (Lipinski definition) is 3. The van der Waals surface area contributed by atoms with E-state index in [2.05, 4.69) is 5.32 Å². The molecule has 2 amide bonds. The van der Waals surface area contributed by atoms with E-state index in [9.17, 15) is 23.2 Å². The molecule has 1 aliphatic heterocycles. The Morgan fingerprint density at radius 1 is 1.10 bits per heavy atom. The number of rotatable bonds is 7. The quantitative estimate of drug-likeness (QED) is 0.702. The number of likely N-dealkylation sites (tertiary alicyclic amines) is 1. The molecule has 0 radical (unpaired) electrons. The summed E-state index contributed by atoms with van der Waals surface area (Å²) in [6, 6.07) is 10.1. The van der Waals surface area contributed by atoms with E-state index in [1.165, 1.54) is 6.07 Å². The third kappa shape index (κ3) is 5.72. The number of benzene rings is 2. The van der Waals surface area contributed by atoms with Gasteiger partial charge in [0.05, 0.1) is 0 Å². The second-order valence-corrected chi connectivity index (χ2v) is 7.56. The minimum atomic E-state index is -0.936. The molecule has 1 heterocycles. The average Bonchev–Trinajstić information content (AvgIpc) is 2.78. The number of hydrogen-bond donors (Lipinski definition) is 1. The molecule has 7 heteroatoms. The highest BCUT2D eigenvalue weighted by atomic mass is 19.2. The van der Waals surface area contributed by atoms with Crippen LogP contribution < -0.4 is 5.32 Å². The summed E-state index contributed by atoms with van der Waals surface area (Å²) in [6.45, 7) is 1.40. The van der Waals surface area contributed by atoms with Crippen molar-refractivity contribution >= 4 is 18.1 Å². The van der Waals surface area contributed by atoms with Crippen molar-refractivity contribution in [2.75, 3.05) is 13.1 Å². The maximum Gasteiger partial charge on any atom is 0.253 e. The van der Waals surface area contributed by atoms with Crippen molar-refractivity contribution in [1.82, 2.24) is 10.2 Å². The molecule has 0 aromatic heterocycles. The summed E-state index contributed by atoms with van der Waals surface area (Å²) in [4.78, 5) is 37.4. The van der Waals surface area contributed by atoms with Crippen molar-refractivity contribution in [2.45, 2.75) is 32.2 Å². The molecule has 5 nitrogen and oxygen atoms in total. The fraction of sp³-hybridized carbons (Fsp3) is 0.348. The zero-order valence-corrected chi connectivity index (χ0v) is 16.6. The zero-order valence-electron chi connectivity index (χ0n) is 16.6. The lowest BCUT2D eigenvalue weighted by Gasteiger charge is -2.33. The Morgan fingerprint density at radius 2 is 1.87 bits per heavy atom. The van der Waals surface area contributed by atoms with Crippen LogP contribution in [0.5, 0.6) is 0 Å². The Labute approximate surface area is 174 Å². The lowest BCUT2D eigenvalue weighted by Crippen LogP contribution is -2.40. The number of amides is 2. The summed E-state index contributed by atoms with van der Waals surface area (Å²) in [7, 11) is 0. The van der Waals surface area contributed by atoms with Crippen molar-refractivity contribution in [3.8, 4) is 0 Å². The lowest BCUT2D eigenvalue weighted by atomic mass is 9.92. The van der Waals surface area contributed by atoms with Crippen LogP contribution in [0.1, 0.15) is 52.0 Å². The van der Waals surface area contributed by atoms with Crippen LogP contribution in [-0.2, 0) is 11.3 Å². The topological polar surface area (TPSA) is 66.5 Å². The van der Waals surface area contributed by atoms with Gasteiger partial charge in [-0.05, 0) is 55.0 Å². The van der Waals surface area contributed by atoms with Gasteiger partial charge in [0, 0.05) is 37.2 Å². The van der Waals surface area contributed by atoms with Gasteiger partial charge in [-0.1, -0.05) is 18.2 Å². The van der Waals surface area contributed by atoms with E-state index < -0.39 is 11.6 Å². The van der Waals surface area contributed by atoms with Crippen LogP contribution >= 0.6 is 0 Å². The average molecular weight is 414 g/mol. The van der Waals surface area contributed by atoms with E-state index >= 15 is 0 Å².